The lowest BCUT2D eigenvalue weighted by Crippen LogP contribution is -2.34. The van der Waals surface area contributed by atoms with Gasteiger partial charge in [0, 0.05) is 25.3 Å². The quantitative estimate of drug-likeness (QED) is 0.845. The zero-order valence-corrected chi connectivity index (χ0v) is 16.0. The van der Waals surface area contributed by atoms with Crippen molar-refractivity contribution in [2.45, 2.75) is 33.7 Å². The van der Waals surface area contributed by atoms with Crippen LogP contribution < -0.4 is 10.6 Å². The molecule has 1 aliphatic heterocycles. The second kappa shape index (κ2) is 8.37. The number of anilines is 1. The van der Waals surface area contributed by atoms with Crippen molar-refractivity contribution in [1.82, 2.24) is 10.2 Å². The number of urea groups is 1. The van der Waals surface area contributed by atoms with Crippen LogP contribution >= 0.6 is 0 Å². The molecule has 138 valence electrons. The summed E-state index contributed by atoms with van der Waals surface area (Å²) in [5.41, 5.74) is 5.92. The Kier molecular flexibility index (Phi) is 5.94. The van der Waals surface area contributed by atoms with Crippen LogP contribution in [0.3, 0.4) is 0 Å². The van der Waals surface area contributed by atoms with Crippen molar-refractivity contribution in [2.24, 2.45) is 5.92 Å². The zero-order chi connectivity index (χ0) is 18.5. The maximum absolute atomic E-state index is 12.1. The minimum absolute atomic E-state index is 0.120. The third-order valence-electron chi connectivity index (χ3n) is 5.21. The Morgan fingerprint density at radius 1 is 1.08 bits per heavy atom. The van der Waals surface area contributed by atoms with E-state index in [-0.39, 0.29) is 6.03 Å². The number of carbonyl (C=O) groups excluding carboxylic acids is 1. The van der Waals surface area contributed by atoms with Gasteiger partial charge >= 0.3 is 6.03 Å². The predicted octanol–water partition coefficient (Wildman–Crippen LogP) is 4.26. The molecule has 3 rings (SSSR count). The van der Waals surface area contributed by atoms with E-state index in [0.717, 1.165) is 38.3 Å². The van der Waals surface area contributed by atoms with Gasteiger partial charge in [-0.25, -0.2) is 4.79 Å². The van der Waals surface area contributed by atoms with Gasteiger partial charge < -0.3 is 10.6 Å². The average molecular weight is 351 g/mol. The molecule has 1 fully saturated rings. The fourth-order valence-electron chi connectivity index (χ4n) is 3.41. The second-order valence-electron chi connectivity index (χ2n) is 7.51. The first-order valence-corrected chi connectivity index (χ1v) is 9.39. The Balaban J connectivity index is 1.41. The molecule has 2 aromatic rings. The molecule has 0 aromatic heterocycles. The van der Waals surface area contributed by atoms with Gasteiger partial charge in [-0.2, -0.15) is 0 Å². The molecule has 2 N–H and O–H groups in total. The molecule has 0 aliphatic carbocycles. The number of rotatable bonds is 5. The minimum atomic E-state index is -0.120. The average Bonchev–Trinajstić information content (AvgIpc) is 3.06. The van der Waals surface area contributed by atoms with Crippen molar-refractivity contribution in [2.75, 3.05) is 25.0 Å². The van der Waals surface area contributed by atoms with Crippen molar-refractivity contribution in [3.8, 4) is 0 Å². The molecule has 0 unspecified atom stereocenters. The van der Waals surface area contributed by atoms with E-state index >= 15 is 0 Å². The van der Waals surface area contributed by atoms with E-state index in [4.69, 9.17) is 0 Å². The van der Waals surface area contributed by atoms with E-state index in [1.807, 2.05) is 18.2 Å². The van der Waals surface area contributed by atoms with Crippen LogP contribution in [0, 0.1) is 26.7 Å². The molecular formula is C22H29N3O. The summed E-state index contributed by atoms with van der Waals surface area (Å²) in [5.74, 6) is 0.519. The number of likely N-dealkylation sites (tertiary alicyclic amines) is 1. The van der Waals surface area contributed by atoms with Crippen LogP contribution in [0.25, 0.3) is 0 Å². The monoisotopic (exact) mass is 351 g/mol. The number of aryl methyl sites for hydroxylation is 3. The summed E-state index contributed by atoms with van der Waals surface area (Å²) in [6.45, 7) is 10.1. The summed E-state index contributed by atoms with van der Waals surface area (Å²) in [6.07, 6.45) is 1.13. The fourth-order valence-corrected chi connectivity index (χ4v) is 3.41. The molecule has 1 saturated heterocycles. The Morgan fingerprint density at radius 3 is 2.58 bits per heavy atom. The number of carbonyl (C=O) groups is 1. The predicted molar refractivity (Wildman–Crippen MR) is 108 cm³/mol. The molecule has 1 atom stereocenters. The Morgan fingerprint density at radius 2 is 1.85 bits per heavy atom. The molecular weight excluding hydrogens is 322 g/mol. The molecule has 0 saturated carbocycles. The third kappa shape index (κ3) is 5.09. The third-order valence-corrected chi connectivity index (χ3v) is 5.21. The van der Waals surface area contributed by atoms with E-state index in [1.165, 1.54) is 22.3 Å². The Bertz CT molecular complexity index is 754. The first-order valence-electron chi connectivity index (χ1n) is 9.39. The highest BCUT2D eigenvalue weighted by Crippen LogP contribution is 2.19. The highest BCUT2D eigenvalue weighted by Gasteiger charge is 2.22. The number of nitrogens with one attached hydrogen (secondary N) is 2. The molecule has 0 bridgehead atoms. The lowest BCUT2D eigenvalue weighted by molar-refractivity contribution is 0.249. The lowest BCUT2D eigenvalue weighted by atomic mass is 10.1. The van der Waals surface area contributed by atoms with Crippen molar-refractivity contribution in [1.29, 1.82) is 0 Å². The summed E-state index contributed by atoms with van der Waals surface area (Å²) in [7, 11) is 0. The van der Waals surface area contributed by atoms with Crippen LogP contribution in [0.2, 0.25) is 0 Å². The van der Waals surface area contributed by atoms with Crippen molar-refractivity contribution in [3.05, 3.63) is 64.7 Å². The van der Waals surface area contributed by atoms with Gasteiger partial charge in [0.05, 0.1) is 0 Å². The van der Waals surface area contributed by atoms with Crippen molar-refractivity contribution in [3.63, 3.8) is 0 Å². The van der Waals surface area contributed by atoms with Gasteiger partial charge in [0.2, 0.25) is 0 Å². The Hall–Kier alpha value is -2.33. The molecule has 2 amide bonds. The van der Waals surface area contributed by atoms with E-state index in [1.54, 1.807) is 0 Å². The second-order valence-corrected chi connectivity index (χ2v) is 7.51. The molecule has 1 heterocycles. The van der Waals surface area contributed by atoms with E-state index in [2.05, 4.69) is 60.6 Å². The molecule has 0 spiro atoms. The molecule has 1 aliphatic rings. The van der Waals surface area contributed by atoms with Crippen molar-refractivity contribution >= 4 is 11.7 Å². The van der Waals surface area contributed by atoms with Gasteiger partial charge in [0.15, 0.2) is 0 Å². The molecule has 2 aromatic carbocycles. The highest BCUT2D eigenvalue weighted by molar-refractivity contribution is 5.89. The van der Waals surface area contributed by atoms with Gasteiger partial charge in [-0.15, -0.1) is 0 Å². The Labute approximate surface area is 156 Å². The molecule has 26 heavy (non-hydrogen) atoms. The summed E-state index contributed by atoms with van der Waals surface area (Å²) >= 11 is 0. The van der Waals surface area contributed by atoms with Gasteiger partial charge in [0.1, 0.15) is 0 Å². The minimum Gasteiger partial charge on any atom is -0.338 e. The van der Waals surface area contributed by atoms with Crippen LogP contribution in [0.5, 0.6) is 0 Å². The normalized spacial score (nSPS) is 17.3. The molecule has 0 radical (unpaired) electrons. The standard InChI is InChI=1S/C22H29N3O/c1-16-4-7-19(8-5-16)14-25-11-10-20(15-25)13-23-22(26)24-21-9-6-17(2)18(3)12-21/h4-9,12,20H,10-11,13-15H2,1-3H3,(H2,23,24,26)/t20-/m0/s1. The van der Waals surface area contributed by atoms with Crippen molar-refractivity contribution < 1.29 is 4.79 Å². The van der Waals surface area contributed by atoms with Crippen LogP contribution in [-0.4, -0.2) is 30.6 Å². The molecule has 4 heteroatoms. The topological polar surface area (TPSA) is 44.4 Å². The zero-order valence-electron chi connectivity index (χ0n) is 16.0. The first-order chi connectivity index (χ1) is 12.5. The summed E-state index contributed by atoms with van der Waals surface area (Å²) < 4.78 is 0. The smallest absolute Gasteiger partial charge is 0.319 e. The van der Waals surface area contributed by atoms with Crippen LogP contribution in [0.1, 0.15) is 28.7 Å². The van der Waals surface area contributed by atoms with E-state index in [0.29, 0.717) is 5.92 Å². The van der Waals surface area contributed by atoms with Crippen LogP contribution in [-0.2, 0) is 6.54 Å². The summed E-state index contributed by atoms with van der Waals surface area (Å²) in [6, 6.07) is 14.6. The lowest BCUT2D eigenvalue weighted by Gasteiger charge is -2.17. The van der Waals surface area contributed by atoms with E-state index in [9.17, 15) is 4.79 Å². The maximum atomic E-state index is 12.1. The first kappa shape index (κ1) is 18.5. The van der Waals surface area contributed by atoms with Gasteiger partial charge in [-0.05, 0) is 68.5 Å². The summed E-state index contributed by atoms with van der Waals surface area (Å²) in [4.78, 5) is 14.6. The number of hydrogen-bond donors (Lipinski definition) is 2. The summed E-state index contributed by atoms with van der Waals surface area (Å²) in [5, 5.41) is 5.95. The number of nitrogens with zero attached hydrogens (tertiary/aromatic N) is 1. The van der Waals surface area contributed by atoms with Crippen LogP contribution in [0.15, 0.2) is 42.5 Å². The SMILES string of the molecule is Cc1ccc(CN2CC[C@@H](CNC(=O)Nc3ccc(C)c(C)c3)C2)cc1. The van der Waals surface area contributed by atoms with E-state index < -0.39 is 0 Å². The van der Waals surface area contributed by atoms with Gasteiger partial charge in [-0.3, -0.25) is 4.90 Å². The number of benzene rings is 2. The van der Waals surface area contributed by atoms with Gasteiger partial charge in [-0.1, -0.05) is 35.9 Å². The van der Waals surface area contributed by atoms with Crippen LogP contribution in [0.4, 0.5) is 10.5 Å². The number of hydrogen-bond acceptors (Lipinski definition) is 2. The maximum Gasteiger partial charge on any atom is 0.319 e. The number of amides is 2. The fraction of sp³-hybridized carbons (Fsp3) is 0.409. The largest absolute Gasteiger partial charge is 0.338 e. The highest BCUT2D eigenvalue weighted by atomic mass is 16.2. The molecule has 4 nitrogen and oxygen atoms in total. The van der Waals surface area contributed by atoms with Gasteiger partial charge in [0.25, 0.3) is 0 Å².